The number of hydrogen-bond donors (Lipinski definition) is 1. The van der Waals surface area contributed by atoms with Gasteiger partial charge in [-0.1, -0.05) is 18.2 Å². The molecule has 3 heterocycles. The molecule has 0 radical (unpaired) electrons. The van der Waals surface area contributed by atoms with Crippen LogP contribution < -0.4 is 5.73 Å². The molecule has 1 amide bonds. The number of alkyl halides is 2. The van der Waals surface area contributed by atoms with Gasteiger partial charge in [0.25, 0.3) is 12.3 Å². The van der Waals surface area contributed by atoms with Crippen molar-refractivity contribution in [3.63, 3.8) is 0 Å². The van der Waals surface area contributed by atoms with Crippen LogP contribution in [-0.4, -0.2) is 39.0 Å². The number of carbonyl (C=O) groups is 1. The summed E-state index contributed by atoms with van der Waals surface area (Å²) in [5.74, 6) is -0.451. The molecule has 2 aromatic heterocycles. The summed E-state index contributed by atoms with van der Waals surface area (Å²) in [5.41, 5.74) is 5.94. The van der Waals surface area contributed by atoms with Crippen molar-refractivity contribution >= 4 is 11.9 Å². The molecule has 2 N–H and O–H groups in total. The van der Waals surface area contributed by atoms with Gasteiger partial charge in [-0.05, 0) is 41.5 Å². The number of aliphatic imine (C=N–C) groups is 1. The molecular weight excluding hydrogens is 378 g/mol. The van der Waals surface area contributed by atoms with Gasteiger partial charge >= 0.3 is 0 Å². The maximum atomic E-state index is 13.3. The lowest BCUT2D eigenvalue weighted by Crippen LogP contribution is -2.41. The highest BCUT2D eigenvalue weighted by atomic mass is 19.3. The van der Waals surface area contributed by atoms with Crippen LogP contribution in [0, 0.1) is 0 Å². The van der Waals surface area contributed by atoms with E-state index in [2.05, 4.69) is 20.2 Å². The molecule has 4 rings (SSSR count). The van der Waals surface area contributed by atoms with Crippen molar-refractivity contribution in [2.75, 3.05) is 7.05 Å². The van der Waals surface area contributed by atoms with Crippen molar-refractivity contribution in [1.82, 2.24) is 20.1 Å². The monoisotopic (exact) mass is 394 g/mol. The largest absolute Gasteiger partial charge is 0.369 e. The molecule has 3 aromatic rings. The molecule has 1 aliphatic heterocycles. The van der Waals surface area contributed by atoms with Crippen molar-refractivity contribution in [1.29, 1.82) is 0 Å². The SMILES string of the molecule is CN1C(=O)C(c2cccc(-c3cccnn3)c2)(c2ccnc(C(F)F)c2)N=C1N. The summed E-state index contributed by atoms with van der Waals surface area (Å²) in [6.07, 6.45) is 0.00840. The summed E-state index contributed by atoms with van der Waals surface area (Å²) >= 11 is 0. The van der Waals surface area contributed by atoms with Crippen molar-refractivity contribution in [2.45, 2.75) is 12.0 Å². The van der Waals surface area contributed by atoms with Crippen LogP contribution in [0.25, 0.3) is 11.3 Å². The fraction of sp³-hybridized carbons (Fsp3) is 0.150. The molecule has 0 saturated carbocycles. The molecule has 0 bridgehead atoms. The van der Waals surface area contributed by atoms with E-state index in [1.807, 2.05) is 6.07 Å². The number of benzene rings is 1. The lowest BCUT2D eigenvalue weighted by atomic mass is 9.82. The number of carbonyl (C=O) groups excluding carboxylic acids is 1. The van der Waals surface area contributed by atoms with Gasteiger partial charge in [0.2, 0.25) is 0 Å². The molecule has 29 heavy (non-hydrogen) atoms. The molecule has 1 unspecified atom stereocenters. The number of amides is 1. The van der Waals surface area contributed by atoms with Gasteiger partial charge in [0, 0.05) is 25.0 Å². The van der Waals surface area contributed by atoms with E-state index in [1.165, 1.54) is 30.3 Å². The third-order valence-electron chi connectivity index (χ3n) is 4.81. The maximum Gasteiger partial charge on any atom is 0.280 e. The van der Waals surface area contributed by atoms with Crippen LogP contribution in [0.3, 0.4) is 0 Å². The number of hydrogen-bond acceptors (Lipinski definition) is 6. The van der Waals surface area contributed by atoms with Crippen LogP contribution >= 0.6 is 0 Å². The summed E-state index contributed by atoms with van der Waals surface area (Å²) in [6, 6.07) is 13.2. The number of halogens is 2. The Morgan fingerprint density at radius 2 is 1.86 bits per heavy atom. The fourth-order valence-corrected chi connectivity index (χ4v) is 3.34. The van der Waals surface area contributed by atoms with Crippen LogP contribution in [0.15, 0.2) is 65.9 Å². The summed E-state index contributed by atoms with van der Waals surface area (Å²) in [7, 11) is 1.49. The third-order valence-corrected chi connectivity index (χ3v) is 4.81. The van der Waals surface area contributed by atoms with Crippen molar-refractivity contribution in [3.8, 4) is 11.3 Å². The van der Waals surface area contributed by atoms with Crippen LogP contribution in [0.2, 0.25) is 0 Å². The molecule has 146 valence electrons. The summed E-state index contributed by atoms with van der Waals surface area (Å²) in [4.78, 5) is 22.6. The van der Waals surface area contributed by atoms with E-state index in [9.17, 15) is 13.6 Å². The standard InChI is InChI=1S/C20H16F2N6O/c1-28-18(29)20(26-19(28)23,14-7-9-24-16(11-14)17(21)22)13-5-2-4-12(10-13)15-6-3-8-25-27-15/h2-11,17H,1H3,(H2,23,26). The maximum absolute atomic E-state index is 13.3. The van der Waals surface area contributed by atoms with Crippen molar-refractivity contribution in [2.24, 2.45) is 10.7 Å². The summed E-state index contributed by atoms with van der Waals surface area (Å²) < 4.78 is 26.5. The van der Waals surface area contributed by atoms with E-state index < -0.39 is 23.6 Å². The molecule has 0 saturated heterocycles. The van der Waals surface area contributed by atoms with E-state index in [1.54, 1.807) is 36.5 Å². The van der Waals surface area contributed by atoms with Gasteiger partial charge in [0.1, 0.15) is 5.69 Å². The second-order valence-electron chi connectivity index (χ2n) is 6.50. The normalized spacial score (nSPS) is 19.0. The molecular formula is C20H16F2N6O. The smallest absolute Gasteiger partial charge is 0.280 e. The lowest BCUT2D eigenvalue weighted by molar-refractivity contribution is -0.129. The van der Waals surface area contributed by atoms with Crippen LogP contribution in [0.4, 0.5) is 8.78 Å². The number of rotatable bonds is 4. The first kappa shape index (κ1) is 18.6. The van der Waals surface area contributed by atoms with Crippen molar-refractivity contribution in [3.05, 3.63) is 77.7 Å². The Morgan fingerprint density at radius 1 is 1.07 bits per heavy atom. The highest BCUT2D eigenvalue weighted by Gasteiger charge is 2.49. The van der Waals surface area contributed by atoms with E-state index >= 15 is 0 Å². The topological polar surface area (TPSA) is 97.4 Å². The molecule has 0 aliphatic carbocycles. The highest BCUT2D eigenvalue weighted by Crippen LogP contribution is 2.40. The highest BCUT2D eigenvalue weighted by molar-refractivity contribution is 6.09. The summed E-state index contributed by atoms with van der Waals surface area (Å²) in [5, 5.41) is 7.95. The average molecular weight is 394 g/mol. The number of pyridine rings is 1. The zero-order valence-electron chi connectivity index (χ0n) is 15.3. The van der Waals surface area contributed by atoms with Gasteiger partial charge in [-0.25, -0.2) is 13.8 Å². The van der Waals surface area contributed by atoms with Crippen molar-refractivity contribution < 1.29 is 13.6 Å². The Kier molecular flexibility index (Phi) is 4.50. The van der Waals surface area contributed by atoms with Gasteiger partial charge in [0.05, 0.1) is 5.69 Å². The van der Waals surface area contributed by atoms with Gasteiger partial charge in [0.15, 0.2) is 11.5 Å². The predicted molar refractivity (Wildman–Crippen MR) is 102 cm³/mol. The van der Waals surface area contributed by atoms with Crippen LogP contribution in [0.5, 0.6) is 0 Å². The van der Waals surface area contributed by atoms with E-state index in [0.29, 0.717) is 16.8 Å². The number of nitrogens with zero attached hydrogens (tertiary/aromatic N) is 5. The Balaban J connectivity index is 1.95. The van der Waals surface area contributed by atoms with Gasteiger partial charge in [-0.2, -0.15) is 10.2 Å². The van der Waals surface area contributed by atoms with E-state index in [-0.39, 0.29) is 11.5 Å². The summed E-state index contributed by atoms with van der Waals surface area (Å²) in [6.45, 7) is 0. The molecule has 0 spiro atoms. The zero-order valence-corrected chi connectivity index (χ0v) is 15.3. The third kappa shape index (κ3) is 3.00. The minimum Gasteiger partial charge on any atom is -0.369 e. The first-order chi connectivity index (χ1) is 13.9. The van der Waals surface area contributed by atoms with Gasteiger partial charge in [-0.15, -0.1) is 0 Å². The van der Waals surface area contributed by atoms with Gasteiger partial charge in [-0.3, -0.25) is 14.7 Å². The Labute approximate surface area is 164 Å². The fourth-order valence-electron chi connectivity index (χ4n) is 3.34. The number of nitrogens with two attached hydrogens (primary N) is 1. The van der Waals surface area contributed by atoms with Crippen LogP contribution in [-0.2, 0) is 10.3 Å². The Bertz CT molecular complexity index is 1100. The van der Waals surface area contributed by atoms with Gasteiger partial charge < -0.3 is 5.73 Å². The first-order valence-electron chi connectivity index (χ1n) is 8.70. The molecule has 0 fully saturated rings. The average Bonchev–Trinajstić information content (AvgIpc) is 2.99. The minimum atomic E-state index is -2.78. The number of likely N-dealkylation sites (N-methyl/N-ethyl adjacent to an activating group) is 1. The molecule has 1 atom stereocenters. The Hall–Kier alpha value is -3.75. The Morgan fingerprint density at radius 3 is 2.52 bits per heavy atom. The lowest BCUT2D eigenvalue weighted by Gasteiger charge is -2.26. The quantitative estimate of drug-likeness (QED) is 0.733. The second-order valence-corrected chi connectivity index (χ2v) is 6.50. The number of guanidine groups is 1. The molecule has 1 aliphatic rings. The first-order valence-corrected chi connectivity index (χ1v) is 8.70. The van der Waals surface area contributed by atoms with Crippen LogP contribution in [0.1, 0.15) is 23.2 Å². The molecule has 7 nitrogen and oxygen atoms in total. The van der Waals surface area contributed by atoms with E-state index in [0.717, 1.165) is 0 Å². The second kappa shape index (κ2) is 7.01. The molecule has 9 heteroatoms. The molecule has 1 aromatic carbocycles. The number of aromatic nitrogens is 3. The van der Waals surface area contributed by atoms with E-state index in [4.69, 9.17) is 5.73 Å². The minimum absolute atomic E-state index is 0.00434. The predicted octanol–water partition coefficient (Wildman–Crippen LogP) is 2.51. The zero-order chi connectivity index (χ0) is 20.6.